The number of carbonyl (C=O) groups is 1. The van der Waals surface area contributed by atoms with Crippen molar-refractivity contribution in [3.05, 3.63) is 35.3 Å². The van der Waals surface area contributed by atoms with Crippen molar-refractivity contribution < 1.29 is 9.63 Å². The molecule has 5 nitrogen and oxygen atoms in total. The summed E-state index contributed by atoms with van der Waals surface area (Å²) in [6.07, 6.45) is 5.49. The van der Waals surface area contributed by atoms with Gasteiger partial charge in [0, 0.05) is 23.7 Å². The Morgan fingerprint density at radius 1 is 1.67 bits per heavy atom. The van der Waals surface area contributed by atoms with E-state index in [1.54, 1.807) is 28.5 Å². The Balaban J connectivity index is 1.83. The number of rotatable bonds is 4. The smallest absolute Gasteiger partial charge is 0.316 e. The van der Waals surface area contributed by atoms with Crippen LogP contribution in [0.5, 0.6) is 0 Å². The topological polar surface area (TPSA) is 45.7 Å². The maximum atomic E-state index is 12.1. The van der Waals surface area contributed by atoms with Crippen molar-refractivity contribution >= 4 is 22.9 Å². The van der Waals surface area contributed by atoms with Gasteiger partial charge in [-0.1, -0.05) is 6.08 Å². The summed E-state index contributed by atoms with van der Waals surface area (Å²) in [5.74, 6) is 0. The highest BCUT2D eigenvalue weighted by atomic mass is 32.1. The largest absolute Gasteiger partial charge is 0.344 e. The molecule has 0 saturated carbocycles. The van der Waals surface area contributed by atoms with Gasteiger partial charge in [0.2, 0.25) is 0 Å². The summed E-state index contributed by atoms with van der Waals surface area (Å²) in [5.41, 5.74) is 1.10. The van der Waals surface area contributed by atoms with Crippen LogP contribution >= 0.6 is 11.3 Å². The van der Waals surface area contributed by atoms with E-state index < -0.39 is 0 Å². The van der Waals surface area contributed by atoms with Crippen LogP contribution in [0.25, 0.3) is 5.57 Å². The number of aromatic nitrogens is 1. The third kappa shape index (κ3) is 1.83. The lowest BCUT2D eigenvalue weighted by molar-refractivity contribution is -0.107. The Labute approximate surface area is 109 Å². The monoisotopic (exact) mass is 263 g/mol. The minimum absolute atomic E-state index is 0.0231. The summed E-state index contributed by atoms with van der Waals surface area (Å²) in [7, 11) is 0. The average molecular weight is 263 g/mol. The normalized spacial score (nSPS) is 22.3. The number of hydrogen-bond donors (Lipinski definition) is 0. The van der Waals surface area contributed by atoms with Crippen molar-refractivity contribution in [3.63, 3.8) is 0 Å². The van der Waals surface area contributed by atoms with Gasteiger partial charge in [0.15, 0.2) is 0 Å². The van der Waals surface area contributed by atoms with Crippen molar-refractivity contribution in [3.8, 4) is 0 Å². The maximum Gasteiger partial charge on any atom is 0.344 e. The van der Waals surface area contributed by atoms with Crippen LogP contribution in [0.4, 0.5) is 4.79 Å². The van der Waals surface area contributed by atoms with Crippen molar-refractivity contribution in [2.45, 2.75) is 6.04 Å². The Kier molecular flexibility index (Phi) is 2.89. The lowest BCUT2D eigenvalue weighted by Crippen LogP contribution is -2.33. The standard InChI is InChI=1S/C12H13N3O2S/c1-2-4-17-15-10-6-9(11-13-3-5-18-11)7-14(8-10)12(15)16/h2-3,5-6,10H,1,4,7-8H2/t10-/m1/s1. The highest BCUT2D eigenvalue weighted by Gasteiger charge is 2.41. The van der Waals surface area contributed by atoms with Gasteiger partial charge in [-0.3, -0.25) is 4.84 Å². The van der Waals surface area contributed by atoms with Crippen LogP contribution in [-0.4, -0.2) is 46.7 Å². The fraction of sp³-hybridized carbons (Fsp3) is 0.333. The minimum atomic E-state index is -0.0790. The Morgan fingerprint density at radius 2 is 2.56 bits per heavy atom. The van der Waals surface area contributed by atoms with Crippen LogP contribution in [0, 0.1) is 0 Å². The molecular weight excluding hydrogens is 250 g/mol. The Hall–Kier alpha value is -1.66. The molecule has 0 aromatic carbocycles. The third-order valence-electron chi connectivity index (χ3n) is 2.96. The molecule has 0 radical (unpaired) electrons. The number of hydrogen-bond acceptors (Lipinski definition) is 4. The molecule has 2 amide bonds. The van der Waals surface area contributed by atoms with Crippen LogP contribution in [0.15, 0.2) is 30.3 Å². The number of carbonyl (C=O) groups excluding carboxylic acids is 1. The fourth-order valence-corrected chi connectivity index (χ4v) is 2.86. The van der Waals surface area contributed by atoms with Crippen molar-refractivity contribution in [1.82, 2.24) is 14.9 Å². The molecule has 6 heteroatoms. The van der Waals surface area contributed by atoms with E-state index in [9.17, 15) is 4.79 Å². The zero-order chi connectivity index (χ0) is 12.5. The van der Waals surface area contributed by atoms with Gasteiger partial charge in [-0.25, -0.2) is 9.78 Å². The Morgan fingerprint density at radius 3 is 3.28 bits per heavy atom. The number of amides is 2. The third-order valence-corrected chi connectivity index (χ3v) is 3.81. The van der Waals surface area contributed by atoms with Crippen LogP contribution in [0.2, 0.25) is 0 Å². The molecule has 3 rings (SSSR count). The van der Waals surface area contributed by atoms with E-state index in [0.29, 0.717) is 19.7 Å². The minimum Gasteiger partial charge on any atom is -0.316 e. The molecule has 94 valence electrons. The van der Waals surface area contributed by atoms with Gasteiger partial charge in [0.05, 0.1) is 19.2 Å². The molecule has 18 heavy (non-hydrogen) atoms. The Bertz CT molecular complexity index is 497. The second kappa shape index (κ2) is 4.55. The molecule has 0 unspecified atom stereocenters. The van der Waals surface area contributed by atoms with E-state index in [1.165, 1.54) is 5.06 Å². The van der Waals surface area contributed by atoms with Crippen LogP contribution < -0.4 is 0 Å². The van der Waals surface area contributed by atoms with Crippen molar-refractivity contribution in [2.75, 3.05) is 19.7 Å². The van der Waals surface area contributed by atoms with Gasteiger partial charge in [0.1, 0.15) is 5.01 Å². The predicted molar refractivity (Wildman–Crippen MR) is 68.8 cm³/mol. The van der Waals surface area contributed by atoms with E-state index >= 15 is 0 Å². The van der Waals surface area contributed by atoms with Crippen molar-refractivity contribution in [1.29, 1.82) is 0 Å². The summed E-state index contributed by atoms with van der Waals surface area (Å²) >= 11 is 1.59. The highest BCUT2D eigenvalue weighted by molar-refractivity contribution is 7.10. The zero-order valence-electron chi connectivity index (χ0n) is 9.78. The molecule has 1 saturated heterocycles. The number of fused-ring (bicyclic) bond motifs is 2. The van der Waals surface area contributed by atoms with Gasteiger partial charge < -0.3 is 4.90 Å². The second-order valence-corrected chi connectivity index (χ2v) is 5.06. The first-order chi connectivity index (χ1) is 8.79. The lowest BCUT2D eigenvalue weighted by atomic mass is 10.1. The van der Waals surface area contributed by atoms with Gasteiger partial charge in [0.25, 0.3) is 0 Å². The summed E-state index contributed by atoms with van der Waals surface area (Å²) in [6, 6.07) is -0.102. The summed E-state index contributed by atoms with van der Waals surface area (Å²) < 4.78 is 0. The molecule has 0 aliphatic carbocycles. The number of hydroxylamine groups is 2. The molecule has 1 aromatic rings. The average Bonchev–Trinajstić information content (AvgIpc) is 2.98. The zero-order valence-corrected chi connectivity index (χ0v) is 10.6. The van der Waals surface area contributed by atoms with E-state index in [0.717, 1.165) is 10.6 Å². The first-order valence-electron chi connectivity index (χ1n) is 5.72. The van der Waals surface area contributed by atoms with Crippen LogP contribution in [0.1, 0.15) is 5.01 Å². The number of nitrogens with zero attached hydrogens (tertiary/aromatic N) is 3. The van der Waals surface area contributed by atoms with E-state index in [-0.39, 0.29) is 12.1 Å². The maximum absolute atomic E-state index is 12.1. The van der Waals surface area contributed by atoms with Crippen LogP contribution in [0.3, 0.4) is 0 Å². The van der Waals surface area contributed by atoms with Crippen LogP contribution in [-0.2, 0) is 4.84 Å². The lowest BCUT2D eigenvalue weighted by Gasteiger charge is -2.20. The second-order valence-electron chi connectivity index (χ2n) is 4.17. The van der Waals surface area contributed by atoms with Gasteiger partial charge in [-0.15, -0.1) is 17.9 Å². The SMILES string of the molecule is C=CCON1C(=O)N2CC(c3nccs3)=C[C@@H]1C2. The number of thiazole rings is 1. The quantitative estimate of drug-likeness (QED) is 0.778. The first kappa shape index (κ1) is 11.4. The summed E-state index contributed by atoms with van der Waals surface area (Å²) in [6.45, 7) is 5.22. The first-order valence-corrected chi connectivity index (χ1v) is 6.60. The van der Waals surface area contributed by atoms with Gasteiger partial charge in [-0.2, -0.15) is 5.06 Å². The molecular formula is C12H13N3O2S. The molecule has 0 N–H and O–H groups in total. The molecule has 2 aliphatic heterocycles. The fourth-order valence-electron chi connectivity index (χ4n) is 2.21. The summed E-state index contributed by atoms with van der Waals surface area (Å²) in [4.78, 5) is 23.5. The van der Waals surface area contributed by atoms with E-state index in [4.69, 9.17) is 4.84 Å². The van der Waals surface area contributed by atoms with Crippen molar-refractivity contribution in [2.24, 2.45) is 0 Å². The van der Waals surface area contributed by atoms with Gasteiger partial charge in [-0.05, 0) is 6.08 Å². The van der Waals surface area contributed by atoms with E-state index in [1.807, 2.05) is 5.38 Å². The van der Waals surface area contributed by atoms with E-state index in [2.05, 4.69) is 17.6 Å². The molecule has 1 aromatic heterocycles. The molecule has 2 bridgehead atoms. The molecule has 3 heterocycles. The molecule has 1 fully saturated rings. The molecule has 2 aliphatic rings. The number of urea groups is 1. The van der Waals surface area contributed by atoms with Gasteiger partial charge >= 0.3 is 6.03 Å². The summed E-state index contributed by atoms with van der Waals surface area (Å²) in [5, 5.41) is 4.35. The highest BCUT2D eigenvalue weighted by Crippen LogP contribution is 2.30. The molecule has 1 atom stereocenters. The molecule has 0 spiro atoms. The predicted octanol–water partition coefficient (Wildman–Crippen LogP) is 1.76.